The minimum atomic E-state index is 0.561. The van der Waals surface area contributed by atoms with Crippen LogP contribution >= 0.6 is 11.6 Å². The highest BCUT2D eigenvalue weighted by Crippen LogP contribution is 2.10. The van der Waals surface area contributed by atoms with Crippen molar-refractivity contribution in [3.05, 3.63) is 47.0 Å². The zero-order valence-electron chi connectivity index (χ0n) is 11.5. The third-order valence-electron chi connectivity index (χ3n) is 2.79. The Labute approximate surface area is 122 Å². The van der Waals surface area contributed by atoms with E-state index in [0.717, 1.165) is 16.4 Å². The van der Waals surface area contributed by atoms with Gasteiger partial charge in [0.25, 0.3) is 0 Å². The first-order chi connectivity index (χ1) is 9.69. The summed E-state index contributed by atoms with van der Waals surface area (Å²) in [7, 11) is 3.63. The van der Waals surface area contributed by atoms with E-state index in [2.05, 4.69) is 25.8 Å². The molecule has 0 aliphatic rings. The molecule has 0 radical (unpaired) electrons. The summed E-state index contributed by atoms with van der Waals surface area (Å²) < 4.78 is 1.86. The molecule has 7 heteroatoms. The number of guanidine groups is 1. The summed E-state index contributed by atoms with van der Waals surface area (Å²) in [5.74, 6) is 1.55. The van der Waals surface area contributed by atoms with Crippen LogP contribution in [0.2, 0.25) is 5.02 Å². The SMILES string of the molecule is CN=C(NCc1cccc(Cl)c1)NCc1nncn1C. The summed E-state index contributed by atoms with van der Waals surface area (Å²) in [6, 6.07) is 7.71. The molecule has 6 nitrogen and oxygen atoms in total. The highest BCUT2D eigenvalue weighted by molar-refractivity contribution is 6.30. The average Bonchev–Trinajstić information content (AvgIpc) is 2.85. The maximum atomic E-state index is 5.95. The van der Waals surface area contributed by atoms with E-state index in [1.54, 1.807) is 13.4 Å². The van der Waals surface area contributed by atoms with Crippen LogP contribution in [0.1, 0.15) is 11.4 Å². The molecule has 0 spiro atoms. The highest BCUT2D eigenvalue weighted by Gasteiger charge is 2.03. The molecule has 1 aromatic heterocycles. The largest absolute Gasteiger partial charge is 0.352 e. The number of hydrogen-bond acceptors (Lipinski definition) is 3. The van der Waals surface area contributed by atoms with Crippen molar-refractivity contribution in [2.45, 2.75) is 13.1 Å². The molecule has 20 heavy (non-hydrogen) atoms. The number of nitrogens with one attached hydrogen (secondary N) is 2. The van der Waals surface area contributed by atoms with E-state index in [4.69, 9.17) is 11.6 Å². The maximum Gasteiger partial charge on any atom is 0.191 e. The van der Waals surface area contributed by atoms with Crippen LogP contribution in [0.25, 0.3) is 0 Å². The molecule has 0 saturated heterocycles. The number of nitrogens with zero attached hydrogens (tertiary/aromatic N) is 4. The predicted molar refractivity (Wildman–Crippen MR) is 79.5 cm³/mol. The molecule has 0 atom stereocenters. The van der Waals surface area contributed by atoms with Gasteiger partial charge in [0.05, 0.1) is 6.54 Å². The summed E-state index contributed by atoms with van der Waals surface area (Å²) in [4.78, 5) is 4.16. The van der Waals surface area contributed by atoms with E-state index < -0.39 is 0 Å². The molecule has 1 aromatic carbocycles. The van der Waals surface area contributed by atoms with Crippen LogP contribution in [0.15, 0.2) is 35.6 Å². The number of aryl methyl sites for hydroxylation is 1. The monoisotopic (exact) mass is 292 g/mol. The minimum absolute atomic E-state index is 0.561. The van der Waals surface area contributed by atoms with Crippen LogP contribution in [-0.2, 0) is 20.1 Å². The van der Waals surface area contributed by atoms with Crippen molar-refractivity contribution in [2.75, 3.05) is 7.05 Å². The smallest absolute Gasteiger partial charge is 0.191 e. The number of benzene rings is 1. The molecule has 0 saturated carbocycles. The van der Waals surface area contributed by atoms with Crippen molar-refractivity contribution < 1.29 is 0 Å². The highest BCUT2D eigenvalue weighted by atomic mass is 35.5. The fourth-order valence-electron chi connectivity index (χ4n) is 1.68. The number of halogens is 1. The summed E-state index contributed by atoms with van der Waals surface area (Å²) in [6.07, 6.45) is 1.67. The van der Waals surface area contributed by atoms with Gasteiger partial charge < -0.3 is 15.2 Å². The van der Waals surface area contributed by atoms with Gasteiger partial charge in [0.1, 0.15) is 6.33 Å². The Balaban J connectivity index is 1.85. The molecule has 0 bridgehead atoms. The third-order valence-corrected chi connectivity index (χ3v) is 3.03. The van der Waals surface area contributed by atoms with Gasteiger partial charge in [-0.25, -0.2) is 0 Å². The van der Waals surface area contributed by atoms with Crippen molar-refractivity contribution in [3.63, 3.8) is 0 Å². The Kier molecular flexibility index (Phi) is 4.95. The second kappa shape index (κ2) is 6.91. The van der Waals surface area contributed by atoms with E-state index in [0.29, 0.717) is 19.0 Å². The molecule has 0 aliphatic carbocycles. The lowest BCUT2D eigenvalue weighted by Crippen LogP contribution is -2.36. The maximum absolute atomic E-state index is 5.95. The fraction of sp³-hybridized carbons (Fsp3) is 0.308. The van der Waals surface area contributed by atoms with Crippen LogP contribution in [0.4, 0.5) is 0 Å². The summed E-state index contributed by atoms with van der Waals surface area (Å²) in [5.41, 5.74) is 1.10. The molecule has 106 valence electrons. The standard InChI is InChI=1S/C13H17ClN6/c1-15-13(17-8-12-19-18-9-20(12)2)16-7-10-4-3-5-11(14)6-10/h3-6,9H,7-8H2,1-2H3,(H2,15,16,17). The van der Waals surface area contributed by atoms with Gasteiger partial charge in [-0.05, 0) is 17.7 Å². The Bertz CT molecular complexity index is 592. The van der Waals surface area contributed by atoms with Gasteiger partial charge in [-0.1, -0.05) is 23.7 Å². The van der Waals surface area contributed by atoms with E-state index in [1.165, 1.54) is 0 Å². The first kappa shape index (κ1) is 14.3. The first-order valence-electron chi connectivity index (χ1n) is 6.21. The lowest BCUT2D eigenvalue weighted by atomic mass is 10.2. The Morgan fingerprint density at radius 3 is 2.80 bits per heavy atom. The topological polar surface area (TPSA) is 67.1 Å². The third kappa shape index (κ3) is 3.96. The molecular formula is C13H17ClN6. The summed E-state index contributed by atoms with van der Waals surface area (Å²) in [6.45, 7) is 1.21. The molecule has 0 amide bonds. The van der Waals surface area contributed by atoms with Crippen LogP contribution < -0.4 is 10.6 Å². The van der Waals surface area contributed by atoms with Crippen molar-refractivity contribution in [3.8, 4) is 0 Å². The van der Waals surface area contributed by atoms with E-state index in [9.17, 15) is 0 Å². The van der Waals surface area contributed by atoms with Crippen LogP contribution in [0, 0.1) is 0 Å². The Morgan fingerprint density at radius 2 is 2.15 bits per heavy atom. The van der Waals surface area contributed by atoms with Crippen molar-refractivity contribution in [1.29, 1.82) is 0 Å². The van der Waals surface area contributed by atoms with Gasteiger partial charge in [-0.15, -0.1) is 10.2 Å². The van der Waals surface area contributed by atoms with Gasteiger partial charge in [0.15, 0.2) is 11.8 Å². The van der Waals surface area contributed by atoms with Crippen LogP contribution in [-0.4, -0.2) is 27.8 Å². The lowest BCUT2D eigenvalue weighted by molar-refractivity contribution is 0.725. The van der Waals surface area contributed by atoms with Gasteiger partial charge in [-0.2, -0.15) is 0 Å². The normalized spacial score (nSPS) is 11.4. The second-order valence-electron chi connectivity index (χ2n) is 4.27. The average molecular weight is 293 g/mol. The summed E-state index contributed by atoms with van der Waals surface area (Å²) in [5, 5.41) is 15.0. The first-order valence-corrected chi connectivity index (χ1v) is 6.58. The Morgan fingerprint density at radius 1 is 1.35 bits per heavy atom. The van der Waals surface area contributed by atoms with E-state index in [-0.39, 0.29) is 0 Å². The lowest BCUT2D eigenvalue weighted by Gasteiger charge is -2.11. The zero-order valence-corrected chi connectivity index (χ0v) is 12.2. The fourth-order valence-corrected chi connectivity index (χ4v) is 1.90. The molecule has 2 rings (SSSR count). The van der Waals surface area contributed by atoms with Crippen molar-refractivity contribution in [2.24, 2.45) is 12.0 Å². The van der Waals surface area contributed by atoms with Crippen molar-refractivity contribution in [1.82, 2.24) is 25.4 Å². The van der Waals surface area contributed by atoms with Crippen molar-refractivity contribution >= 4 is 17.6 Å². The minimum Gasteiger partial charge on any atom is -0.352 e. The molecule has 0 unspecified atom stereocenters. The zero-order chi connectivity index (χ0) is 14.4. The molecular weight excluding hydrogens is 276 g/mol. The number of aliphatic imine (C=N–C) groups is 1. The Hall–Kier alpha value is -2.08. The molecule has 2 N–H and O–H groups in total. The number of aromatic nitrogens is 3. The molecule has 2 aromatic rings. The number of hydrogen-bond donors (Lipinski definition) is 2. The second-order valence-corrected chi connectivity index (χ2v) is 4.70. The van der Waals surface area contributed by atoms with Crippen LogP contribution in [0.3, 0.4) is 0 Å². The van der Waals surface area contributed by atoms with Gasteiger partial charge in [-0.3, -0.25) is 4.99 Å². The quantitative estimate of drug-likeness (QED) is 0.659. The van der Waals surface area contributed by atoms with Gasteiger partial charge >= 0.3 is 0 Å². The molecule has 0 aliphatic heterocycles. The van der Waals surface area contributed by atoms with Gasteiger partial charge in [0, 0.05) is 25.7 Å². The predicted octanol–water partition coefficient (Wildman–Crippen LogP) is 1.33. The molecule has 0 fully saturated rings. The summed E-state index contributed by atoms with van der Waals surface area (Å²) >= 11 is 5.95. The van der Waals surface area contributed by atoms with Gasteiger partial charge in [0.2, 0.25) is 0 Å². The van der Waals surface area contributed by atoms with E-state index >= 15 is 0 Å². The molecule has 1 heterocycles. The van der Waals surface area contributed by atoms with Crippen LogP contribution in [0.5, 0.6) is 0 Å². The van der Waals surface area contributed by atoms with E-state index in [1.807, 2.05) is 35.9 Å². The number of rotatable bonds is 4.